The summed E-state index contributed by atoms with van der Waals surface area (Å²) in [5, 5.41) is 2.68. The van der Waals surface area contributed by atoms with Crippen molar-refractivity contribution in [3.63, 3.8) is 0 Å². The number of rotatable bonds is 13. The minimum Gasteiger partial charge on any atom is -0.417 e. The third-order valence-corrected chi connectivity index (χ3v) is 8.19. The van der Waals surface area contributed by atoms with E-state index in [0.717, 1.165) is 12.2 Å². The Morgan fingerprint density at radius 2 is 1.85 bits per heavy atom. The van der Waals surface area contributed by atoms with E-state index in [9.17, 15) is 22.7 Å². The van der Waals surface area contributed by atoms with E-state index in [2.05, 4.69) is 5.32 Å². The number of ether oxygens (including phenoxy) is 3. The minimum atomic E-state index is -4.15. The van der Waals surface area contributed by atoms with Crippen LogP contribution in [0.4, 0.5) is 10.5 Å². The summed E-state index contributed by atoms with van der Waals surface area (Å²) in [7, 11) is -8.22. The third-order valence-electron chi connectivity index (χ3n) is 5.68. The van der Waals surface area contributed by atoms with Crippen molar-refractivity contribution in [2.75, 3.05) is 38.9 Å². The van der Waals surface area contributed by atoms with Crippen LogP contribution in [0.2, 0.25) is 0 Å². The zero-order valence-electron chi connectivity index (χ0n) is 22.1. The topological polar surface area (TPSA) is 167 Å². The molecule has 0 aliphatic carbocycles. The average molecular weight is 586 g/mol. The molecule has 14 heteroatoms. The number of nitrogens with one attached hydrogen (secondary N) is 1. The molecule has 2 aromatic rings. The quantitative estimate of drug-likeness (QED) is 0.235. The van der Waals surface area contributed by atoms with Crippen molar-refractivity contribution in [3.05, 3.63) is 60.2 Å². The predicted molar refractivity (Wildman–Crippen MR) is 144 cm³/mol. The molecule has 2 aromatic carbocycles. The van der Waals surface area contributed by atoms with Gasteiger partial charge in [0, 0.05) is 25.4 Å². The van der Waals surface area contributed by atoms with Crippen molar-refractivity contribution in [1.29, 1.82) is 0 Å². The number of anilines is 1. The lowest BCUT2D eigenvalue weighted by molar-refractivity contribution is -0.0677. The molecule has 12 nitrogen and oxygen atoms in total. The number of hydrogen-bond donors (Lipinski definition) is 3. The lowest BCUT2D eigenvalue weighted by Gasteiger charge is -2.33. The summed E-state index contributed by atoms with van der Waals surface area (Å²) in [6, 6.07) is 13.8. The molecule has 1 amide bonds. The lowest BCUT2D eigenvalue weighted by atomic mass is 10.0. The van der Waals surface area contributed by atoms with Crippen LogP contribution in [0, 0.1) is 5.92 Å². The van der Waals surface area contributed by atoms with E-state index in [1.54, 1.807) is 12.1 Å². The normalized spacial score (nSPS) is 19.0. The number of amides is 1. The maximum atomic E-state index is 13.7. The molecular weight excluding hydrogens is 549 g/mol. The molecule has 0 spiro atoms. The number of benzene rings is 2. The second kappa shape index (κ2) is 13.7. The maximum absolute atomic E-state index is 13.7. The van der Waals surface area contributed by atoms with Crippen molar-refractivity contribution in [1.82, 2.24) is 9.62 Å². The van der Waals surface area contributed by atoms with Crippen molar-refractivity contribution < 1.29 is 41.4 Å². The van der Waals surface area contributed by atoms with Crippen LogP contribution >= 0.6 is 7.60 Å². The van der Waals surface area contributed by atoms with Gasteiger partial charge in [0.05, 0.1) is 10.9 Å². The van der Waals surface area contributed by atoms with Crippen molar-refractivity contribution in [3.8, 4) is 0 Å². The van der Waals surface area contributed by atoms with Gasteiger partial charge in [-0.1, -0.05) is 44.2 Å². The average Bonchev–Trinajstić information content (AvgIpc) is 3.35. The number of sulfonamides is 1. The first-order valence-corrected chi connectivity index (χ1v) is 15.8. The fourth-order valence-corrected chi connectivity index (χ4v) is 6.32. The van der Waals surface area contributed by atoms with Crippen LogP contribution < -0.4 is 11.1 Å². The Morgan fingerprint density at radius 1 is 1.18 bits per heavy atom. The Labute approximate surface area is 229 Å². The maximum Gasteiger partial charge on any atom is 0.409 e. The summed E-state index contributed by atoms with van der Waals surface area (Å²) >= 11 is 0. The highest BCUT2D eigenvalue weighted by Gasteiger charge is 2.36. The second-order valence-corrected chi connectivity index (χ2v) is 13.4. The molecule has 0 bridgehead atoms. The van der Waals surface area contributed by atoms with Gasteiger partial charge in [0.1, 0.15) is 12.7 Å². The number of nitrogens with zero attached hydrogens (tertiary/aromatic N) is 1. The first kappa shape index (κ1) is 31.0. The largest absolute Gasteiger partial charge is 0.417 e. The molecule has 216 valence electrons. The molecule has 39 heavy (non-hydrogen) atoms. The number of carbonyl (C=O) groups excluding carboxylic acids is 1. The highest BCUT2D eigenvalue weighted by atomic mass is 32.2. The molecule has 4 unspecified atom stereocenters. The second-order valence-electron chi connectivity index (χ2n) is 9.66. The fourth-order valence-electron chi connectivity index (χ4n) is 3.99. The smallest absolute Gasteiger partial charge is 0.409 e. The summed E-state index contributed by atoms with van der Waals surface area (Å²) in [6.45, 7) is 4.49. The fraction of sp³-hybridized carbons (Fsp3) is 0.480. The molecule has 1 aliphatic rings. The van der Waals surface area contributed by atoms with Crippen molar-refractivity contribution >= 4 is 29.4 Å². The molecule has 4 N–H and O–H groups in total. The standard InChI is InChI=1S/C25H36N3O9PS/c1-18(2)14-28(39(32,33)21-11-9-20(26)10-12-21)15-23(37-38(3,30)31)22(13-19-7-5-4-6-8-19)27-25(29)36-24-16-34-17-35-24/h4-12,18,22-24H,13-17,26H2,1-3H3,(H,27,29)(H,30,31). The van der Waals surface area contributed by atoms with Crippen LogP contribution in [-0.4, -0.2) is 75.3 Å². The first-order valence-electron chi connectivity index (χ1n) is 12.4. The molecule has 1 fully saturated rings. The van der Waals surface area contributed by atoms with E-state index >= 15 is 0 Å². The minimum absolute atomic E-state index is 0.00476. The summed E-state index contributed by atoms with van der Waals surface area (Å²) in [6.07, 6.45) is -2.87. The van der Waals surface area contributed by atoms with Gasteiger partial charge in [-0.15, -0.1) is 0 Å². The zero-order valence-corrected chi connectivity index (χ0v) is 23.8. The third kappa shape index (κ3) is 9.87. The molecule has 0 saturated carbocycles. The molecule has 1 saturated heterocycles. The van der Waals surface area contributed by atoms with Gasteiger partial charge in [0.2, 0.25) is 16.3 Å². The van der Waals surface area contributed by atoms with Gasteiger partial charge in [-0.05, 0) is 42.2 Å². The van der Waals surface area contributed by atoms with Gasteiger partial charge in [-0.25, -0.2) is 13.2 Å². The zero-order chi connectivity index (χ0) is 28.6. The number of hydrogen-bond acceptors (Lipinski definition) is 9. The first-order chi connectivity index (χ1) is 18.3. The molecule has 3 rings (SSSR count). The summed E-state index contributed by atoms with van der Waals surface area (Å²) < 4.78 is 62.0. The Kier molecular flexibility index (Phi) is 10.9. The summed E-state index contributed by atoms with van der Waals surface area (Å²) in [5.74, 6) is -0.0956. The number of nitrogen functional groups attached to an aromatic ring is 1. The SMILES string of the molecule is CC(C)CN(CC(OP(C)(=O)O)C(Cc1ccccc1)NC(=O)OC1COCO1)S(=O)(=O)c1ccc(N)cc1. The van der Waals surface area contributed by atoms with E-state index in [1.165, 1.54) is 28.6 Å². The molecule has 4 atom stereocenters. The van der Waals surface area contributed by atoms with E-state index in [4.69, 9.17) is 24.5 Å². The van der Waals surface area contributed by atoms with Gasteiger partial charge in [-0.2, -0.15) is 4.31 Å². The Balaban J connectivity index is 1.96. The molecule has 1 heterocycles. The highest BCUT2D eigenvalue weighted by Crippen LogP contribution is 2.40. The van der Waals surface area contributed by atoms with E-state index in [1.807, 2.05) is 32.0 Å². The Morgan fingerprint density at radius 3 is 2.41 bits per heavy atom. The van der Waals surface area contributed by atoms with Crippen molar-refractivity contribution in [2.24, 2.45) is 5.92 Å². The van der Waals surface area contributed by atoms with Crippen molar-refractivity contribution in [2.45, 2.75) is 43.6 Å². The number of nitrogens with two attached hydrogens (primary N) is 1. The molecule has 0 radical (unpaired) electrons. The van der Waals surface area contributed by atoms with E-state index < -0.39 is 42.1 Å². The van der Waals surface area contributed by atoms with E-state index in [-0.39, 0.29) is 43.7 Å². The van der Waals surface area contributed by atoms with E-state index in [0.29, 0.717) is 5.69 Å². The van der Waals surface area contributed by atoms with Gasteiger partial charge >= 0.3 is 13.7 Å². The Hall–Kier alpha value is -2.51. The van der Waals surface area contributed by atoms with Crippen LogP contribution in [-0.2, 0) is 39.7 Å². The monoisotopic (exact) mass is 585 g/mol. The van der Waals surface area contributed by atoms with Gasteiger partial charge in [0.25, 0.3) is 0 Å². The summed E-state index contributed by atoms with van der Waals surface area (Å²) in [4.78, 5) is 23.0. The van der Waals surface area contributed by atoms with Gasteiger partial charge < -0.3 is 34.7 Å². The van der Waals surface area contributed by atoms with Crippen LogP contribution in [0.5, 0.6) is 0 Å². The summed E-state index contributed by atoms with van der Waals surface area (Å²) in [5.41, 5.74) is 6.92. The van der Waals surface area contributed by atoms with Crippen LogP contribution in [0.25, 0.3) is 0 Å². The van der Waals surface area contributed by atoms with Crippen LogP contribution in [0.15, 0.2) is 59.5 Å². The molecule has 0 aromatic heterocycles. The lowest BCUT2D eigenvalue weighted by Crippen LogP contribution is -2.52. The molecular formula is C25H36N3O9PS. The Bertz CT molecular complexity index is 1220. The number of alkyl carbamates (subject to hydrolysis) is 1. The van der Waals surface area contributed by atoms with Gasteiger partial charge in [-0.3, -0.25) is 4.57 Å². The highest BCUT2D eigenvalue weighted by molar-refractivity contribution is 7.89. The van der Waals surface area contributed by atoms with Crippen LogP contribution in [0.3, 0.4) is 0 Å². The number of carbonyl (C=O) groups is 1. The predicted octanol–water partition coefficient (Wildman–Crippen LogP) is 2.78. The molecule has 1 aliphatic heterocycles. The van der Waals surface area contributed by atoms with Crippen LogP contribution in [0.1, 0.15) is 19.4 Å². The van der Waals surface area contributed by atoms with Gasteiger partial charge in [0.15, 0.2) is 6.79 Å².